The predicted octanol–water partition coefficient (Wildman–Crippen LogP) is 0.626. The number of hydrogen-bond donors (Lipinski definition) is 0. The topological polar surface area (TPSA) is 0 Å². The fraction of sp³-hybridized carbons (Fsp3) is 1.00. The molecule has 5 heavy (non-hydrogen) atoms. The molecule has 0 heterocycles. The third-order valence-corrected chi connectivity index (χ3v) is 0. The van der Waals surface area contributed by atoms with Crippen molar-refractivity contribution in [3.8, 4) is 0 Å². The van der Waals surface area contributed by atoms with Crippen LogP contribution in [0.4, 0.5) is 0 Å². The van der Waals surface area contributed by atoms with E-state index in [0.717, 1.165) is 0 Å². The molecule has 0 rings (SSSR count). The van der Waals surface area contributed by atoms with Crippen molar-refractivity contribution in [2.75, 3.05) is 0 Å². The van der Waals surface area contributed by atoms with Crippen LogP contribution in [0.3, 0.4) is 0 Å². The van der Waals surface area contributed by atoms with Gasteiger partial charge in [0.05, 0.1) is 0 Å². The first kappa shape index (κ1) is 56.7. The molecule has 0 bridgehead atoms. The summed E-state index contributed by atoms with van der Waals surface area (Å²) in [6, 6.07) is 0. The molecule has 4 heteroatoms. The average Bonchev–Trinajstić information content (AvgIpc) is 0. The van der Waals surface area contributed by atoms with Gasteiger partial charge in [0.1, 0.15) is 0 Å². The minimum atomic E-state index is 0. The van der Waals surface area contributed by atoms with Gasteiger partial charge in [-0.25, -0.2) is 0 Å². The minimum Gasteiger partial charge on any atom is -0.0776 e. The summed E-state index contributed by atoms with van der Waals surface area (Å²) in [5.74, 6) is 0. The fourth-order valence-corrected chi connectivity index (χ4v) is 0. The third kappa shape index (κ3) is 22.5. The molecule has 1 radical (unpaired) electrons. The van der Waals surface area contributed by atoms with Crippen LogP contribution in [0, 0.1) is 0 Å². The van der Waals surface area contributed by atoms with E-state index in [4.69, 9.17) is 0 Å². The molecule has 0 aliphatic heterocycles. The first-order valence-electron chi connectivity index (χ1n) is 0. The van der Waals surface area contributed by atoms with Crippen LogP contribution in [0.25, 0.3) is 0 Å². The second-order valence-corrected chi connectivity index (χ2v) is 0. The molecule has 0 aromatic carbocycles. The van der Waals surface area contributed by atoms with Gasteiger partial charge in [0.15, 0.2) is 0 Å². The van der Waals surface area contributed by atoms with E-state index in [1.54, 1.807) is 0 Å². The van der Waals surface area contributed by atoms with Gasteiger partial charge in [0, 0.05) is 71.7 Å². The maximum atomic E-state index is 0. The van der Waals surface area contributed by atoms with E-state index in [1.165, 1.54) is 0 Å². The molecule has 0 aromatic heterocycles. The van der Waals surface area contributed by atoms with Gasteiger partial charge in [-0.1, -0.05) is 7.43 Å². The van der Waals surface area contributed by atoms with Gasteiger partial charge in [0.2, 0.25) is 0 Å². The van der Waals surface area contributed by atoms with Gasteiger partial charge < -0.3 is 0 Å². The molecule has 0 saturated heterocycles. The zero-order valence-electron chi connectivity index (χ0n) is 1.38. The maximum Gasteiger partial charge on any atom is 0 e. The van der Waals surface area contributed by atoms with Crippen molar-refractivity contribution >= 4 is 0 Å². The van der Waals surface area contributed by atoms with E-state index < -0.39 is 0 Å². The molecule has 0 aromatic rings. The molecule has 43 valence electrons. The van der Waals surface area contributed by atoms with Crippen LogP contribution in [0.1, 0.15) is 7.43 Å². The fourth-order valence-electron chi connectivity index (χ4n) is 0. The van der Waals surface area contributed by atoms with E-state index in [-0.39, 0.29) is 79.1 Å². The van der Waals surface area contributed by atoms with Crippen molar-refractivity contribution < 1.29 is 71.7 Å². The van der Waals surface area contributed by atoms with Crippen LogP contribution in [0.15, 0.2) is 0 Å². The number of rotatable bonds is 0. The van der Waals surface area contributed by atoms with Gasteiger partial charge in [-0.05, 0) is 0 Å². The van der Waals surface area contributed by atoms with Crippen LogP contribution < -0.4 is 0 Å². The Morgan fingerprint density at radius 1 is 1.00 bits per heavy atom. The standard InChI is InChI=1S/CH4.Cu.Fe.Mo.Ni/h1H4;;;;. The minimum absolute atomic E-state index is 0. The molecule has 0 aliphatic rings. The Morgan fingerprint density at radius 2 is 1.00 bits per heavy atom. The Morgan fingerprint density at radius 3 is 1.00 bits per heavy atom. The average molecular weight is 290 g/mol. The monoisotopic (exact) mass is 291 g/mol. The van der Waals surface area contributed by atoms with Crippen LogP contribution in [0.5, 0.6) is 0 Å². The van der Waals surface area contributed by atoms with Crippen molar-refractivity contribution in [2.24, 2.45) is 0 Å². The summed E-state index contributed by atoms with van der Waals surface area (Å²) in [6.45, 7) is 0. The zero-order chi connectivity index (χ0) is 0. The van der Waals surface area contributed by atoms with E-state index >= 15 is 0 Å². The Bertz CT molecular complexity index is 11.6. The molecule has 0 nitrogen and oxygen atoms in total. The van der Waals surface area contributed by atoms with Crippen molar-refractivity contribution in [3.63, 3.8) is 0 Å². The summed E-state index contributed by atoms with van der Waals surface area (Å²) in [4.78, 5) is 0. The first-order valence-corrected chi connectivity index (χ1v) is 0. The van der Waals surface area contributed by atoms with Crippen LogP contribution >= 0.6 is 0 Å². The molecular formula is CH4CuFeMoNi. The first-order chi connectivity index (χ1) is 0. The van der Waals surface area contributed by atoms with E-state index in [1.807, 2.05) is 0 Å². The summed E-state index contributed by atoms with van der Waals surface area (Å²) >= 11 is 0. The molecule has 0 spiro atoms. The normalized spacial score (nSPS) is 0. The van der Waals surface area contributed by atoms with Crippen molar-refractivity contribution in [2.45, 2.75) is 7.43 Å². The number of hydrogen-bond acceptors (Lipinski definition) is 0. The van der Waals surface area contributed by atoms with Gasteiger partial charge >= 0.3 is 0 Å². The van der Waals surface area contributed by atoms with E-state index in [2.05, 4.69) is 0 Å². The maximum absolute atomic E-state index is 0. The van der Waals surface area contributed by atoms with E-state index in [9.17, 15) is 0 Å². The molecule has 0 saturated carbocycles. The quantitative estimate of drug-likeness (QED) is 0.574. The molecule has 0 N–H and O–H groups in total. The van der Waals surface area contributed by atoms with Crippen molar-refractivity contribution in [3.05, 3.63) is 0 Å². The third-order valence-electron chi connectivity index (χ3n) is 0. The largest absolute Gasteiger partial charge is 0.0776 e. The van der Waals surface area contributed by atoms with Crippen LogP contribution in [0.2, 0.25) is 0 Å². The van der Waals surface area contributed by atoms with Gasteiger partial charge in [-0.3, -0.25) is 0 Å². The summed E-state index contributed by atoms with van der Waals surface area (Å²) in [6.07, 6.45) is 0. The van der Waals surface area contributed by atoms with Crippen molar-refractivity contribution in [1.29, 1.82) is 0 Å². The Hall–Kier alpha value is 2.22. The zero-order valence-corrected chi connectivity index (χ0v) is 6.42. The summed E-state index contributed by atoms with van der Waals surface area (Å²) in [7, 11) is 0. The predicted molar refractivity (Wildman–Crippen MR) is 6.73 cm³/mol. The molecule has 0 fully saturated rings. The van der Waals surface area contributed by atoms with Crippen LogP contribution in [-0.4, -0.2) is 0 Å². The van der Waals surface area contributed by atoms with Gasteiger partial charge in [-0.2, -0.15) is 0 Å². The Kier molecular flexibility index (Phi) is 390. The van der Waals surface area contributed by atoms with Crippen molar-refractivity contribution in [1.82, 2.24) is 0 Å². The molecule has 0 amide bonds. The summed E-state index contributed by atoms with van der Waals surface area (Å²) < 4.78 is 0. The SMILES string of the molecule is C.[Cu].[Fe].[Mo].[Ni]. The Balaban J connectivity index is 0. The Labute approximate surface area is 78.4 Å². The second-order valence-electron chi connectivity index (χ2n) is 0. The van der Waals surface area contributed by atoms with E-state index in [0.29, 0.717) is 0 Å². The van der Waals surface area contributed by atoms with Gasteiger partial charge in [-0.15, -0.1) is 0 Å². The molecule has 0 unspecified atom stereocenters. The summed E-state index contributed by atoms with van der Waals surface area (Å²) in [5.41, 5.74) is 0. The molecule has 0 atom stereocenters. The van der Waals surface area contributed by atoms with Crippen LogP contribution in [-0.2, 0) is 71.7 Å². The van der Waals surface area contributed by atoms with Gasteiger partial charge in [0.25, 0.3) is 0 Å². The molecule has 0 aliphatic carbocycles. The smallest absolute Gasteiger partial charge is 0 e. The second kappa shape index (κ2) is 34.4. The molecular weight excluding hydrogens is 286 g/mol. The summed E-state index contributed by atoms with van der Waals surface area (Å²) in [5, 5.41) is 0.